The van der Waals surface area contributed by atoms with Crippen LogP contribution in [0, 0.1) is 0 Å². The second kappa shape index (κ2) is 12.2. The van der Waals surface area contributed by atoms with Crippen LogP contribution < -0.4 is 10.6 Å². The Labute approximate surface area is 186 Å². The van der Waals surface area contributed by atoms with Crippen LogP contribution in [0.25, 0.3) is 0 Å². The second-order valence-corrected chi connectivity index (χ2v) is 8.73. The van der Waals surface area contributed by atoms with Crippen molar-refractivity contribution in [2.45, 2.75) is 62.9 Å². The number of nitrogens with one attached hydrogen (secondary N) is 2. The Morgan fingerprint density at radius 2 is 1.81 bits per heavy atom. The average molecular weight is 503 g/mol. The standard InChI is InChI=1S/C21H34N4S.HI/c1-22-21(24-19-10-11-20(14-19)26-2)23-15-17-6-8-18(9-7-17)16-25-12-4-3-5-13-25;/h6-9,19-20H,3-5,10-16H2,1-2H3,(H2,22,23,24);1H. The van der Waals surface area contributed by atoms with Crippen LogP contribution in [-0.4, -0.2) is 48.5 Å². The number of halogens is 1. The van der Waals surface area contributed by atoms with Gasteiger partial charge in [0, 0.05) is 31.4 Å². The third-order valence-electron chi connectivity index (χ3n) is 5.62. The predicted octanol–water partition coefficient (Wildman–Crippen LogP) is 4.24. The van der Waals surface area contributed by atoms with Crippen molar-refractivity contribution < 1.29 is 0 Å². The van der Waals surface area contributed by atoms with E-state index in [0.29, 0.717) is 6.04 Å². The van der Waals surface area contributed by atoms with Gasteiger partial charge in [-0.3, -0.25) is 9.89 Å². The van der Waals surface area contributed by atoms with Crippen LogP contribution in [0.5, 0.6) is 0 Å². The zero-order valence-electron chi connectivity index (χ0n) is 16.7. The fraction of sp³-hybridized carbons (Fsp3) is 0.667. The van der Waals surface area contributed by atoms with Crippen LogP contribution >= 0.6 is 35.7 Å². The summed E-state index contributed by atoms with van der Waals surface area (Å²) in [7, 11) is 1.86. The van der Waals surface area contributed by atoms with Gasteiger partial charge < -0.3 is 10.6 Å². The molecule has 0 bridgehead atoms. The molecule has 1 saturated carbocycles. The smallest absolute Gasteiger partial charge is 0.191 e. The normalized spacial score (nSPS) is 23.7. The molecule has 1 aliphatic heterocycles. The van der Waals surface area contributed by atoms with Gasteiger partial charge in [-0.1, -0.05) is 30.7 Å². The van der Waals surface area contributed by atoms with E-state index in [9.17, 15) is 0 Å². The van der Waals surface area contributed by atoms with E-state index < -0.39 is 0 Å². The first kappa shape index (κ1) is 22.8. The van der Waals surface area contributed by atoms with Crippen LogP contribution in [-0.2, 0) is 13.1 Å². The summed E-state index contributed by atoms with van der Waals surface area (Å²) in [5.41, 5.74) is 2.73. The first-order valence-electron chi connectivity index (χ1n) is 10.1. The van der Waals surface area contributed by atoms with E-state index in [1.54, 1.807) is 0 Å². The molecule has 2 atom stereocenters. The highest BCUT2D eigenvalue weighted by Gasteiger charge is 2.24. The van der Waals surface area contributed by atoms with Crippen molar-refractivity contribution in [1.29, 1.82) is 0 Å². The number of hydrogen-bond donors (Lipinski definition) is 2. The lowest BCUT2D eigenvalue weighted by molar-refractivity contribution is 0.221. The minimum Gasteiger partial charge on any atom is -0.354 e. The molecule has 1 aromatic rings. The molecule has 0 radical (unpaired) electrons. The molecule has 2 N–H and O–H groups in total. The molecule has 3 rings (SSSR count). The highest BCUT2D eigenvalue weighted by atomic mass is 127. The number of benzene rings is 1. The molecule has 0 amide bonds. The summed E-state index contributed by atoms with van der Waals surface area (Å²) >= 11 is 1.99. The van der Waals surface area contributed by atoms with E-state index in [0.717, 1.165) is 24.3 Å². The molecule has 0 spiro atoms. The lowest BCUT2D eigenvalue weighted by Crippen LogP contribution is -2.42. The molecule has 1 saturated heterocycles. The van der Waals surface area contributed by atoms with Crippen LogP contribution in [0.2, 0.25) is 0 Å². The van der Waals surface area contributed by atoms with Crippen molar-refractivity contribution in [3.8, 4) is 0 Å². The van der Waals surface area contributed by atoms with E-state index in [-0.39, 0.29) is 24.0 Å². The fourth-order valence-corrected chi connectivity index (χ4v) is 4.79. The summed E-state index contributed by atoms with van der Waals surface area (Å²) in [4.78, 5) is 6.97. The molecule has 27 heavy (non-hydrogen) atoms. The molecular weight excluding hydrogens is 467 g/mol. The molecular formula is C21H35IN4S. The van der Waals surface area contributed by atoms with E-state index in [4.69, 9.17) is 0 Å². The van der Waals surface area contributed by atoms with Gasteiger partial charge >= 0.3 is 0 Å². The third kappa shape index (κ3) is 7.46. The molecule has 1 heterocycles. The molecule has 2 fully saturated rings. The molecule has 4 nitrogen and oxygen atoms in total. The largest absolute Gasteiger partial charge is 0.354 e. The quantitative estimate of drug-likeness (QED) is 0.347. The predicted molar refractivity (Wildman–Crippen MR) is 129 cm³/mol. The Morgan fingerprint density at radius 3 is 2.44 bits per heavy atom. The first-order chi connectivity index (χ1) is 12.8. The lowest BCUT2D eigenvalue weighted by atomic mass is 10.1. The summed E-state index contributed by atoms with van der Waals surface area (Å²) in [6.45, 7) is 4.42. The summed E-state index contributed by atoms with van der Waals surface area (Å²) in [6, 6.07) is 9.62. The maximum absolute atomic E-state index is 4.39. The van der Waals surface area contributed by atoms with Gasteiger partial charge in [-0.25, -0.2) is 0 Å². The Balaban J connectivity index is 0.00000261. The van der Waals surface area contributed by atoms with Gasteiger partial charge in [0.2, 0.25) is 0 Å². The zero-order valence-corrected chi connectivity index (χ0v) is 19.9. The van der Waals surface area contributed by atoms with Crippen LogP contribution in [0.15, 0.2) is 29.3 Å². The molecule has 2 aliphatic rings. The number of thioether (sulfide) groups is 1. The van der Waals surface area contributed by atoms with Gasteiger partial charge in [0.1, 0.15) is 0 Å². The summed E-state index contributed by atoms with van der Waals surface area (Å²) in [5.74, 6) is 0.925. The van der Waals surface area contributed by atoms with Crippen molar-refractivity contribution in [1.82, 2.24) is 15.5 Å². The van der Waals surface area contributed by atoms with Gasteiger partial charge in [0.25, 0.3) is 0 Å². The highest BCUT2D eigenvalue weighted by molar-refractivity contribution is 14.0. The summed E-state index contributed by atoms with van der Waals surface area (Å²) < 4.78 is 0. The van der Waals surface area contributed by atoms with E-state index in [1.807, 2.05) is 18.8 Å². The average Bonchev–Trinajstić information content (AvgIpc) is 3.15. The molecule has 0 aromatic heterocycles. The van der Waals surface area contributed by atoms with Gasteiger partial charge in [-0.2, -0.15) is 11.8 Å². The van der Waals surface area contributed by atoms with Gasteiger partial charge in [-0.05, 0) is 62.6 Å². The third-order valence-corrected chi connectivity index (χ3v) is 6.71. The monoisotopic (exact) mass is 502 g/mol. The Hall–Kier alpha value is -0.470. The van der Waals surface area contributed by atoms with Crippen molar-refractivity contribution in [2.24, 2.45) is 4.99 Å². The number of piperidine rings is 1. The maximum Gasteiger partial charge on any atom is 0.191 e. The second-order valence-electron chi connectivity index (χ2n) is 7.59. The van der Waals surface area contributed by atoms with Gasteiger partial charge in [0.15, 0.2) is 5.96 Å². The summed E-state index contributed by atoms with van der Waals surface area (Å²) in [6.07, 6.45) is 10.1. The Kier molecular flexibility index (Phi) is 10.3. The molecule has 152 valence electrons. The number of aliphatic imine (C=N–C) groups is 1. The number of rotatable bonds is 6. The van der Waals surface area contributed by atoms with Gasteiger partial charge in [0.05, 0.1) is 0 Å². The molecule has 2 unspecified atom stereocenters. The number of nitrogens with zero attached hydrogens (tertiary/aromatic N) is 2. The topological polar surface area (TPSA) is 39.7 Å². The van der Waals surface area contributed by atoms with Crippen molar-refractivity contribution in [2.75, 3.05) is 26.4 Å². The van der Waals surface area contributed by atoms with Crippen molar-refractivity contribution in [3.63, 3.8) is 0 Å². The zero-order chi connectivity index (χ0) is 18.2. The molecule has 1 aromatic carbocycles. The highest BCUT2D eigenvalue weighted by Crippen LogP contribution is 2.28. The van der Waals surface area contributed by atoms with Crippen molar-refractivity contribution >= 4 is 41.7 Å². The van der Waals surface area contributed by atoms with Crippen LogP contribution in [0.1, 0.15) is 49.7 Å². The number of hydrogen-bond acceptors (Lipinski definition) is 3. The fourth-order valence-electron chi connectivity index (χ4n) is 4.00. The van der Waals surface area contributed by atoms with E-state index >= 15 is 0 Å². The minimum absolute atomic E-state index is 0. The van der Waals surface area contributed by atoms with E-state index in [2.05, 4.69) is 51.0 Å². The molecule has 6 heteroatoms. The maximum atomic E-state index is 4.39. The first-order valence-corrected chi connectivity index (χ1v) is 11.4. The van der Waals surface area contributed by atoms with Gasteiger partial charge in [-0.15, -0.1) is 24.0 Å². The molecule has 1 aliphatic carbocycles. The van der Waals surface area contributed by atoms with Crippen molar-refractivity contribution in [3.05, 3.63) is 35.4 Å². The SMILES string of the molecule is CN=C(NCc1ccc(CN2CCCCC2)cc1)NC1CCC(SC)C1.I. The lowest BCUT2D eigenvalue weighted by Gasteiger charge is -2.26. The Morgan fingerprint density at radius 1 is 1.11 bits per heavy atom. The number of likely N-dealkylation sites (tertiary alicyclic amines) is 1. The van der Waals surface area contributed by atoms with E-state index in [1.165, 1.54) is 62.7 Å². The van der Waals surface area contributed by atoms with Crippen LogP contribution in [0.3, 0.4) is 0 Å². The van der Waals surface area contributed by atoms with Crippen LogP contribution in [0.4, 0.5) is 0 Å². The summed E-state index contributed by atoms with van der Waals surface area (Å²) in [5, 5.41) is 7.86. The Bertz CT molecular complexity index is 572. The minimum atomic E-state index is 0. The number of guanidine groups is 1.